The molecule has 1 aliphatic heterocycles. The molecule has 5 heteroatoms. The van der Waals surface area contributed by atoms with E-state index in [1.54, 1.807) is 11.0 Å². The third-order valence-corrected chi connectivity index (χ3v) is 3.86. The molecule has 1 N–H and O–H groups in total. The summed E-state index contributed by atoms with van der Waals surface area (Å²) in [5.74, 6) is 0.961. The van der Waals surface area contributed by atoms with Gasteiger partial charge >= 0.3 is 0 Å². The van der Waals surface area contributed by atoms with Crippen molar-refractivity contribution in [3.63, 3.8) is 0 Å². The monoisotopic (exact) mass is 296 g/mol. The van der Waals surface area contributed by atoms with Gasteiger partial charge in [-0.15, -0.1) is 0 Å². The van der Waals surface area contributed by atoms with Crippen LogP contribution in [-0.2, 0) is 4.79 Å². The van der Waals surface area contributed by atoms with E-state index in [1.165, 1.54) is 0 Å². The standard InChI is InChI=1S/C15H21ClN2O2/c1-18(15(19)12-5-4-8-17-11-12)9-10-20-14-7-3-2-6-13(14)16/h2-3,6-7,12,17H,4-5,8-11H2,1H3/t12-/m1/s1. The zero-order valence-electron chi connectivity index (χ0n) is 11.8. The number of ether oxygens (including phenoxy) is 1. The average Bonchev–Trinajstić information content (AvgIpc) is 2.49. The number of amides is 1. The summed E-state index contributed by atoms with van der Waals surface area (Å²) in [4.78, 5) is 14.0. The number of nitrogens with zero attached hydrogens (tertiary/aromatic N) is 1. The van der Waals surface area contributed by atoms with Crippen LogP contribution in [0.1, 0.15) is 12.8 Å². The summed E-state index contributed by atoms with van der Waals surface area (Å²) in [5, 5.41) is 3.86. The molecule has 1 aliphatic rings. The van der Waals surface area contributed by atoms with Crippen LogP contribution in [0.3, 0.4) is 0 Å². The van der Waals surface area contributed by atoms with Gasteiger partial charge in [-0.2, -0.15) is 0 Å². The molecule has 1 amide bonds. The topological polar surface area (TPSA) is 41.6 Å². The van der Waals surface area contributed by atoms with Crippen LogP contribution in [0.4, 0.5) is 0 Å². The van der Waals surface area contributed by atoms with Gasteiger partial charge in [0.2, 0.25) is 5.91 Å². The molecule has 1 atom stereocenters. The number of piperidine rings is 1. The van der Waals surface area contributed by atoms with E-state index in [4.69, 9.17) is 16.3 Å². The molecule has 0 radical (unpaired) electrons. The van der Waals surface area contributed by atoms with Crippen molar-refractivity contribution >= 4 is 17.5 Å². The fourth-order valence-electron chi connectivity index (χ4n) is 2.34. The molecule has 110 valence electrons. The highest BCUT2D eigenvalue weighted by Gasteiger charge is 2.23. The Morgan fingerprint density at radius 1 is 1.50 bits per heavy atom. The molecule has 1 saturated heterocycles. The molecule has 0 aromatic heterocycles. The third kappa shape index (κ3) is 4.12. The van der Waals surface area contributed by atoms with Gasteiger partial charge in [0.05, 0.1) is 17.5 Å². The first-order chi connectivity index (χ1) is 9.68. The summed E-state index contributed by atoms with van der Waals surface area (Å²) in [6, 6.07) is 7.36. The number of hydrogen-bond acceptors (Lipinski definition) is 3. The average molecular weight is 297 g/mol. The van der Waals surface area contributed by atoms with Crippen LogP contribution in [0, 0.1) is 5.92 Å². The van der Waals surface area contributed by atoms with E-state index in [9.17, 15) is 4.79 Å². The van der Waals surface area contributed by atoms with Gasteiger partial charge in [-0.05, 0) is 31.5 Å². The van der Waals surface area contributed by atoms with E-state index in [0.29, 0.717) is 23.9 Å². The van der Waals surface area contributed by atoms with Crippen molar-refractivity contribution in [3.8, 4) is 5.75 Å². The van der Waals surface area contributed by atoms with E-state index in [0.717, 1.165) is 25.9 Å². The van der Waals surface area contributed by atoms with Crippen molar-refractivity contribution in [3.05, 3.63) is 29.3 Å². The Balaban J connectivity index is 1.75. The largest absolute Gasteiger partial charge is 0.490 e. The van der Waals surface area contributed by atoms with Crippen molar-refractivity contribution in [2.75, 3.05) is 33.3 Å². The molecule has 0 bridgehead atoms. The summed E-state index contributed by atoms with van der Waals surface area (Å²) in [6.45, 7) is 2.82. The van der Waals surface area contributed by atoms with Gasteiger partial charge in [0, 0.05) is 13.6 Å². The lowest BCUT2D eigenvalue weighted by Gasteiger charge is -2.27. The second-order valence-electron chi connectivity index (χ2n) is 5.08. The second kappa shape index (κ2) is 7.50. The fourth-order valence-corrected chi connectivity index (χ4v) is 2.53. The smallest absolute Gasteiger partial charge is 0.226 e. The van der Waals surface area contributed by atoms with E-state index in [1.807, 2.05) is 25.2 Å². The highest BCUT2D eigenvalue weighted by atomic mass is 35.5. The first kappa shape index (κ1) is 15.1. The summed E-state index contributed by atoms with van der Waals surface area (Å²) in [7, 11) is 1.83. The molecular formula is C15H21ClN2O2. The molecule has 4 nitrogen and oxygen atoms in total. The summed E-state index contributed by atoms with van der Waals surface area (Å²) < 4.78 is 5.60. The van der Waals surface area contributed by atoms with Crippen LogP contribution < -0.4 is 10.1 Å². The lowest BCUT2D eigenvalue weighted by Crippen LogP contribution is -2.42. The molecule has 1 heterocycles. The summed E-state index contributed by atoms with van der Waals surface area (Å²) in [6.07, 6.45) is 2.04. The predicted molar refractivity (Wildman–Crippen MR) is 80.2 cm³/mol. The number of halogens is 1. The minimum Gasteiger partial charge on any atom is -0.490 e. The number of hydrogen-bond donors (Lipinski definition) is 1. The lowest BCUT2D eigenvalue weighted by molar-refractivity contribution is -0.135. The van der Waals surface area contributed by atoms with Gasteiger partial charge < -0.3 is 15.0 Å². The Kier molecular flexibility index (Phi) is 5.68. The normalized spacial score (nSPS) is 18.6. The Morgan fingerprint density at radius 3 is 3.00 bits per heavy atom. The number of benzene rings is 1. The van der Waals surface area contributed by atoms with Gasteiger partial charge in [0.15, 0.2) is 0 Å². The molecule has 0 spiro atoms. The van der Waals surface area contributed by atoms with E-state index < -0.39 is 0 Å². The summed E-state index contributed by atoms with van der Waals surface area (Å²) in [5.41, 5.74) is 0. The molecule has 1 aromatic rings. The highest BCUT2D eigenvalue weighted by molar-refractivity contribution is 6.32. The van der Waals surface area contributed by atoms with E-state index in [-0.39, 0.29) is 11.8 Å². The fraction of sp³-hybridized carbons (Fsp3) is 0.533. The van der Waals surface area contributed by atoms with Crippen LogP contribution in [-0.4, -0.2) is 44.1 Å². The number of carbonyl (C=O) groups excluding carboxylic acids is 1. The number of nitrogens with one attached hydrogen (secondary N) is 1. The van der Waals surface area contributed by atoms with Gasteiger partial charge in [0.25, 0.3) is 0 Å². The van der Waals surface area contributed by atoms with Crippen LogP contribution >= 0.6 is 11.6 Å². The minimum atomic E-state index is 0.106. The Morgan fingerprint density at radius 2 is 2.30 bits per heavy atom. The molecular weight excluding hydrogens is 276 g/mol. The van der Waals surface area contributed by atoms with Crippen LogP contribution in [0.2, 0.25) is 5.02 Å². The number of rotatable bonds is 5. The molecule has 0 saturated carbocycles. The first-order valence-electron chi connectivity index (χ1n) is 7.01. The van der Waals surface area contributed by atoms with Gasteiger partial charge in [-0.25, -0.2) is 0 Å². The SMILES string of the molecule is CN(CCOc1ccccc1Cl)C(=O)[C@@H]1CCCNC1. The molecule has 0 aliphatic carbocycles. The molecule has 0 unspecified atom stereocenters. The second-order valence-corrected chi connectivity index (χ2v) is 5.49. The van der Waals surface area contributed by atoms with Crippen molar-refractivity contribution in [1.29, 1.82) is 0 Å². The summed E-state index contributed by atoms with van der Waals surface area (Å²) >= 11 is 6.01. The zero-order valence-corrected chi connectivity index (χ0v) is 12.5. The van der Waals surface area contributed by atoms with Crippen LogP contribution in [0.25, 0.3) is 0 Å². The van der Waals surface area contributed by atoms with Crippen LogP contribution in [0.15, 0.2) is 24.3 Å². The molecule has 20 heavy (non-hydrogen) atoms. The van der Waals surface area contributed by atoms with Crippen molar-refractivity contribution < 1.29 is 9.53 Å². The molecule has 2 rings (SSSR count). The Labute approximate surface area is 125 Å². The maximum Gasteiger partial charge on any atom is 0.226 e. The predicted octanol–water partition coefficient (Wildman–Crippen LogP) is 2.18. The van der Waals surface area contributed by atoms with Crippen molar-refractivity contribution in [2.24, 2.45) is 5.92 Å². The maximum atomic E-state index is 12.2. The lowest BCUT2D eigenvalue weighted by atomic mass is 9.98. The third-order valence-electron chi connectivity index (χ3n) is 3.54. The van der Waals surface area contributed by atoms with Gasteiger partial charge in [-0.1, -0.05) is 23.7 Å². The Bertz CT molecular complexity index is 447. The first-order valence-corrected chi connectivity index (χ1v) is 7.39. The number of carbonyl (C=O) groups is 1. The van der Waals surface area contributed by atoms with Gasteiger partial charge in [0.1, 0.15) is 12.4 Å². The quantitative estimate of drug-likeness (QED) is 0.905. The van der Waals surface area contributed by atoms with Crippen molar-refractivity contribution in [2.45, 2.75) is 12.8 Å². The van der Waals surface area contributed by atoms with Gasteiger partial charge in [-0.3, -0.25) is 4.79 Å². The van der Waals surface area contributed by atoms with E-state index in [2.05, 4.69) is 5.32 Å². The maximum absolute atomic E-state index is 12.2. The molecule has 1 fully saturated rings. The van der Waals surface area contributed by atoms with E-state index >= 15 is 0 Å². The highest BCUT2D eigenvalue weighted by Crippen LogP contribution is 2.22. The number of likely N-dealkylation sites (N-methyl/N-ethyl adjacent to an activating group) is 1. The minimum absolute atomic E-state index is 0.106. The van der Waals surface area contributed by atoms with Crippen molar-refractivity contribution in [1.82, 2.24) is 10.2 Å². The Hall–Kier alpha value is -1.26. The van der Waals surface area contributed by atoms with Crippen LogP contribution in [0.5, 0.6) is 5.75 Å². The number of para-hydroxylation sites is 1. The molecule has 1 aromatic carbocycles. The zero-order chi connectivity index (χ0) is 14.4.